The molecule has 3 rings (SSSR count). The van der Waals surface area contributed by atoms with E-state index in [2.05, 4.69) is 28.5 Å². The van der Waals surface area contributed by atoms with Crippen LogP contribution in [0.3, 0.4) is 0 Å². The largest absolute Gasteiger partial charge is 0.353 e. The van der Waals surface area contributed by atoms with Crippen LogP contribution in [0.15, 0.2) is 29.2 Å². The molecule has 7 heteroatoms. The molecular formula is C22H34N4O2S. The molecule has 0 radical (unpaired) electrons. The molecule has 1 heterocycles. The first-order valence-electron chi connectivity index (χ1n) is 10.9. The van der Waals surface area contributed by atoms with E-state index in [1.165, 1.54) is 25.7 Å². The number of carbonyl (C=O) groups excluding carboxylic acids is 2. The van der Waals surface area contributed by atoms with Crippen LogP contribution < -0.4 is 10.6 Å². The first kappa shape index (κ1) is 22.0. The fourth-order valence-corrected chi connectivity index (χ4v) is 5.12. The van der Waals surface area contributed by atoms with Gasteiger partial charge in [-0.1, -0.05) is 31.9 Å². The summed E-state index contributed by atoms with van der Waals surface area (Å²) < 4.78 is 0. The van der Waals surface area contributed by atoms with E-state index < -0.39 is 0 Å². The van der Waals surface area contributed by atoms with Gasteiger partial charge in [-0.2, -0.15) is 0 Å². The molecule has 1 saturated carbocycles. The molecule has 1 aliphatic carbocycles. The van der Waals surface area contributed by atoms with Gasteiger partial charge in [-0.15, -0.1) is 11.8 Å². The maximum Gasteiger partial charge on any atom is 0.321 e. The molecule has 1 saturated heterocycles. The number of urea groups is 1. The zero-order valence-corrected chi connectivity index (χ0v) is 18.5. The number of piperazine rings is 1. The molecular weight excluding hydrogens is 384 g/mol. The van der Waals surface area contributed by atoms with Crippen LogP contribution in [0.4, 0.5) is 10.5 Å². The average molecular weight is 419 g/mol. The molecule has 0 bridgehead atoms. The number of benzene rings is 1. The number of carbonyl (C=O) groups is 2. The predicted molar refractivity (Wildman–Crippen MR) is 119 cm³/mol. The highest BCUT2D eigenvalue weighted by Crippen LogP contribution is 2.38. The molecule has 160 valence electrons. The van der Waals surface area contributed by atoms with Crippen LogP contribution in [-0.4, -0.2) is 65.8 Å². The van der Waals surface area contributed by atoms with Gasteiger partial charge in [0, 0.05) is 42.4 Å². The van der Waals surface area contributed by atoms with Crippen LogP contribution in [-0.2, 0) is 4.79 Å². The molecule has 1 aliphatic heterocycles. The smallest absolute Gasteiger partial charge is 0.321 e. The molecule has 6 nitrogen and oxygen atoms in total. The Balaban J connectivity index is 1.47. The summed E-state index contributed by atoms with van der Waals surface area (Å²) in [6.07, 6.45) is 6.08. The number of rotatable bonds is 7. The number of nitrogens with one attached hydrogen (secondary N) is 2. The third-order valence-electron chi connectivity index (χ3n) is 5.77. The summed E-state index contributed by atoms with van der Waals surface area (Å²) in [6, 6.07) is 8.26. The van der Waals surface area contributed by atoms with Gasteiger partial charge in [0.25, 0.3) is 0 Å². The van der Waals surface area contributed by atoms with Gasteiger partial charge in [-0.25, -0.2) is 4.79 Å². The third-order valence-corrected chi connectivity index (χ3v) is 7.19. The summed E-state index contributed by atoms with van der Waals surface area (Å²) >= 11 is 1.89. The van der Waals surface area contributed by atoms with E-state index in [9.17, 15) is 9.59 Å². The molecule has 0 spiro atoms. The van der Waals surface area contributed by atoms with Gasteiger partial charge >= 0.3 is 6.03 Å². The Hall–Kier alpha value is -1.73. The van der Waals surface area contributed by atoms with Crippen molar-refractivity contribution < 1.29 is 9.59 Å². The third kappa shape index (κ3) is 6.64. The van der Waals surface area contributed by atoms with Crippen molar-refractivity contribution >= 4 is 29.4 Å². The van der Waals surface area contributed by atoms with Crippen molar-refractivity contribution in [3.63, 3.8) is 0 Å². The van der Waals surface area contributed by atoms with Gasteiger partial charge in [0.2, 0.25) is 5.91 Å². The fourth-order valence-electron chi connectivity index (χ4n) is 3.79. The number of anilines is 1. The number of hydrogen-bond donors (Lipinski definition) is 2. The standard InChI is InChI=1S/C22H34N4O2S/c1-3-17(2)23-21(27)16-25-12-14-26(15-13-25)22(28)24-19-10-6-7-11-20(19)29-18-8-4-5-9-18/h6-7,10-11,17-18H,3-5,8-9,12-16H2,1-2H3,(H,23,27)(H,24,28)/t17-/m1/s1. The lowest BCUT2D eigenvalue weighted by molar-refractivity contribution is -0.123. The maximum absolute atomic E-state index is 12.8. The van der Waals surface area contributed by atoms with Crippen LogP contribution in [0.5, 0.6) is 0 Å². The van der Waals surface area contributed by atoms with Crippen LogP contribution in [0.1, 0.15) is 46.0 Å². The van der Waals surface area contributed by atoms with Crippen LogP contribution in [0.2, 0.25) is 0 Å². The summed E-state index contributed by atoms with van der Waals surface area (Å²) in [5.41, 5.74) is 0.907. The van der Waals surface area contributed by atoms with Gasteiger partial charge in [0.1, 0.15) is 0 Å². The molecule has 0 aromatic heterocycles. The molecule has 3 amide bonds. The number of nitrogens with zero attached hydrogens (tertiary/aromatic N) is 2. The van der Waals surface area contributed by atoms with Crippen molar-refractivity contribution in [3.05, 3.63) is 24.3 Å². The zero-order chi connectivity index (χ0) is 20.6. The van der Waals surface area contributed by atoms with E-state index in [4.69, 9.17) is 0 Å². The van der Waals surface area contributed by atoms with Gasteiger partial charge < -0.3 is 15.5 Å². The molecule has 1 aromatic rings. The molecule has 29 heavy (non-hydrogen) atoms. The van der Waals surface area contributed by atoms with Gasteiger partial charge in [0.15, 0.2) is 0 Å². The summed E-state index contributed by atoms with van der Waals surface area (Å²) in [5, 5.41) is 6.78. The Bertz CT molecular complexity index is 685. The van der Waals surface area contributed by atoms with E-state index in [0.717, 1.165) is 30.1 Å². The Labute approximate surface area is 178 Å². The van der Waals surface area contributed by atoms with Crippen molar-refractivity contribution in [2.45, 2.75) is 62.1 Å². The number of amides is 3. The van der Waals surface area contributed by atoms with E-state index in [0.29, 0.717) is 24.9 Å². The van der Waals surface area contributed by atoms with E-state index in [-0.39, 0.29) is 18.0 Å². The Morgan fingerprint density at radius 1 is 1.14 bits per heavy atom. The quantitative estimate of drug-likeness (QED) is 0.707. The van der Waals surface area contributed by atoms with E-state index in [1.807, 2.05) is 41.8 Å². The monoisotopic (exact) mass is 418 g/mol. The first-order chi connectivity index (χ1) is 14.0. The fraction of sp³-hybridized carbons (Fsp3) is 0.636. The van der Waals surface area contributed by atoms with Crippen LogP contribution >= 0.6 is 11.8 Å². The van der Waals surface area contributed by atoms with Crippen molar-refractivity contribution in [2.24, 2.45) is 0 Å². The highest BCUT2D eigenvalue weighted by atomic mass is 32.2. The molecule has 1 atom stereocenters. The molecule has 1 aromatic carbocycles. The Morgan fingerprint density at radius 2 is 1.83 bits per heavy atom. The van der Waals surface area contributed by atoms with Crippen molar-refractivity contribution in [1.82, 2.24) is 15.1 Å². The topological polar surface area (TPSA) is 64.7 Å². The first-order valence-corrected chi connectivity index (χ1v) is 11.8. The number of para-hydroxylation sites is 1. The summed E-state index contributed by atoms with van der Waals surface area (Å²) in [6.45, 7) is 7.21. The minimum absolute atomic E-state index is 0.0480. The van der Waals surface area contributed by atoms with Gasteiger partial charge in [0.05, 0.1) is 12.2 Å². The number of thioether (sulfide) groups is 1. The average Bonchev–Trinajstić information content (AvgIpc) is 3.23. The van der Waals surface area contributed by atoms with Crippen LogP contribution in [0.25, 0.3) is 0 Å². The minimum Gasteiger partial charge on any atom is -0.353 e. The molecule has 2 N–H and O–H groups in total. The van der Waals surface area contributed by atoms with E-state index >= 15 is 0 Å². The normalized spacial score (nSPS) is 19.2. The maximum atomic E-state index is 12.8. The predicted octanol–water partition coefficient (Wildman–Crippen LogP) is 3.79. The highest BCUT2D eigenvalue weighted by Gasteiger charge is 2.24. The Kier molecular flexibility index (Phi) is 8.24. The highest BCUT2D eigenvalue weighted by molar-refractivity contribution is 8.00. The van der Waals surface area contributed by atoms with Gasteiger partial charge in [-0.05, 0) is 38.3 Å². The second kappa shape index (κ2) is 10.9. The molecule has 0 unspecified atom stereocenters. The second-order valence-electron chi connectivity index (χ2n) is 8.09. The summed E-state index contributed by atoms with van der Waals surface area (Å²) in [7, 11) is 0. The van der Waals surface area contributed by atoms with Crippen molar-refractivity contribution in [2.75, 3.05) is 38.0 Å². The van der Waals surface area contributed by atoms with Crippen molar-refractivity contribution in [1.29, 1.82) is 0 Å². The van der Waals surface area contributed by atoms with E-state index in [1.54, 1.807) is 0 Å². The summed E-state index contributed by atoms with van der Waals surface area (Å²) in [4.78, 5) is 30.0. The lowest BCUT2D eigenvalue weighted by Crippen LogP contribution is -2.52. The van der Waals surface area contributed by atoms with Crippen LogP contribution in [0, 0.1) is 0 Å². The lowest BCUT2D eigenvalue weighted by atomic mass is 10.2. The second-order valence-corrected chi connectivity index (χ2v) is 9.43. The lowest BCUT2D eigenvalue weighted by Gasteiger charge is -2.34. The van der Waals surface area contributed by atoms with Crippen molar-refractivity contribution in [3.8, 4) is 0 Å². The summed E-state index contributed by atoms with van der Waals surface area (Å²) in [5.74, 6) is 0.0649. The zero-order valence-electron chi connectivity index (χ0n) is 17.7. The van der Waals surface area contributed by atoms with Gasteiger partial charge in [-0.3, -0.25) is 9.69 Å². The SMILES string of the molecule is CC[C@@H](C)NC(=O)CN1CCN(C(=O)Nc2ccccc2SC2CCCC2)CC1. The number of hydrogen-bond acceptors (Lipinski definition) is 4. The minimum atomic E-state index is -0.0480. The molecule has 2 fully saturated rings. The Morgan fingerprint density at radius 3 is 2.52 bits per heavy atom. The molecule has 2 aliphatic rings.